The molecule has 0 aliphatic carbocycles. The summed E-state index contributed by atoms with van der Waals surface area (Å²) in [6, 6.07) is 11.4. The molecule has 1 aromatic carbocycles. The van der Waals surface area contributed by atoms with E-state index < -0.39 is 0 Å². The molecular weight excluding hydrogens is 232 g/mol. The second-order valence-corrected chi connectivity index (χ2v) is 6.42. The first kappa shape index (κ1) is 14.5. The van der Waals surface area contributed by atoms with E-state index in [0.29, 0.717) is 6.04 Å². The van der Waals surface area contributed by atoms with Gasteiger partial charge in [0.2, 0.25) is 0 Å². The van der Waals surface area contributed by atoms with Gasteiger partial charge in [-0.1, -0.05) is 44.2 Å². The zero-order valence-corrected chi connectivity index (χ0v) is 12.6. The standard InChI is InChI=1S/C17H28N2/c1-14(2)11-17(16-7-5-4-6-8-16)18-12-15-9-10-19(3)13-15/h4-8,14-15,17-18H,9-13H2,1-3H3. The number of nitrogens with zero attached hydrogens (tertiary/aromatic N) is 1. The summed E-state index contributed by atoms with van der Waals surface area (Å²) < 4.78 is 0. The van der Waals surface area contributed by atoms with Crippen molar-refractivity contribution in [1.82, 2.24) is 10.2 Å². The predicted molar refractivity (Wildman–Crippen MR) is 82.2 cm³/mol. The SMILES string of the molecule is CC(C)CC(NCC1CCN(C)C1)c1ccccc1. The predicted octanol–water partition coefficient (Wildman–Crippen LogP) is 3.32. The summed E-state index contributed by atoms with van der Waals surface area (Å²) in [5.41, 5.74) is 1.43. The Kier molecular flexibility index (Phi) is 5.41. The van der Waals surface area contributed by atoms with Crippen molar-refractivity contribution in [1.29, 1.82) is 0 Å². The molecule has 1 N–H and O–H groups in total. The van der Waals surface area contributed by atoms with E-state index in [0.717, 1.165) is 18.4 Å². The van der Waals surface area contributed by atoms with Crippen molar-refractivity contribution in [2.24, 2.45) is 11.8 Å². The van der Waals surface area contributed by atoms with Crippen molar-refractivity contribution in [3.8, 4) is 0 Å². The van der Waals surface area contributed by atoms with Gasteiger partial charge < -0.3 is 10.2 Å². The van der Waals surface area contributed by atoms with Crippen LogP contribution in [0.15, 0.2) is 30.3 Å². The van der Waals surface area contributed by atoms with Crippen molar-refractivity contribution in [2.45, 2.75) is 32.7 Å². The number of benzene rings is 1. The van der Waals surface area contributed by atoms with Crippen LogP contribution in [-0.4, -0.2) is 31.6 Å². The fraction of sp³-hybridized carbons (Fsp3) is 0.647. The number of hydrogen-bond donors (Lipinski definition) is 1. The van der Waals surface area contributed by atoms with Crippen molar-refractivity contribution < 1.29 is 0 Å². The smallest absolute Gasteiger partial charge is 0.0322 e. The van der Waals surface area contributed by atoms with Gasteiger partial charge in [-0.2, -0.15) is 0 Å². The molecule has 0 spiro atoms. The van der Waals surface area contributed by atoms with Crippen LogP contribution in [0.1, 0.15) is 38.3 Å². The third-order valence-electron chi connectivity index (χ3n) is 4.05. The Labute approximate surface area is 118 Å². The number of rotatable bonds is 6. The van der Waals surface area contributed by atoms with Gasteiger partial charge in [0, 0.05) is 12.6 Å². The summed E-state index contributed by atoms with van der Waals surface area (Å²) in [6.07, 6.45) is 2.55. The van der Waals surface area contributed by atoms with Crippen LogP contribution in [0.2, 0.25) is 0 Å². The Balaban J connectivity index is 1.91. The summed E-state index contributed by atoms with van der Waals surface area (Å²) in [5, 5.41) is 3.80. The van der Waals surface area contributed by atoms with Gasteiger partial charge in [-0.15, -0.1) is 0 Å². The van der Waals surface area contributed by atoms with Crippen LogP contribution in [0.3, 0.4) is 0 Å². The lowest BCUT2D eigenvalue weighted by atomic mass is 9.96. The van der Waals surface area contributed by atoms with E-state index in [2.05, 4.69) is 61.4 Å². The molecular formula is C17H28N2. The zero-order chi connectivity index (χ0) is 13.7. The van der Waals surface area contributed by atoms with Gasteiger partial charge >= 0.3 is 0 Å². The molecule has 2 heteroatoms. The van der Waals surface area contributed by atoms with E-state index in [1.165, 1.54) is 31.5 Å². The molecule has 2 rings (SSSR count). The number of likely N-dealkylation sites (tertiary alicyclic amines) is 1. The first-order chi connectivity index (χ1) is 9.15. The van der Waals surface area contributed by atoms with Gasteiger partial charge in [0.1, 0.15) is 0 Å². The molecule has 1 aromatic rings. The molecule has 0 radical (unpaired) electrons. The quantitative estimate of drug-likeness (QED) is 0.844. The molecule has 1 aliphatic heterocycles. The molecule has 0 aromatic heterocycles. The molecule has 1 heterocycles. The Bertz CT molecular complexity index is 361. The lowest BCUT2D eigenvalue weighted by molar-refractivity contribution is 0.363. The van der Waals surface area contributed by atoms with Crippen molar-refractivity contribution >= 4 is 0 Å². The minimum Gasteiger partial charge on any atom is -0.310 e. The lowest BCUT2D eigenvalue weighted by Crippen LogP contribution is -2.29. The Morgan fingerprint density at radius 1 is 1.26 bits per heavy atom. The highest BCUT2D eigenvalue weighted by atomic mass is 15.1. The lowest BCUT2D eigenvalue weighted by Gasteiger charge is -2.23. The summed E-state index contributed by atoms with van der Waals surface area (Å²) in [6.45, 7) is 8.27. The summed E-state index contributed by atoms with van der Waals surface area (Å²) >= 11 is 0. The third-order valence-corrected chi connectivity index (χ3v) is 4.05. The summed E-state index contributed by atoms with van der Waals surface area (Å²) in [7, 11) is 2.22. The van der Waals surface area contributed by atoms with Gasteiger partial charge in [-0.25, -0.2) is 0 Å². The first-order valence-corrected chi connectivity index (χ1v) is 7.62. The molecule has 0 amide bonds. The van der Waals surface area contributed by atoms with Crippen LogP contribution in [0.4, 0.5) is 0 Å². The largest absolute Gasteiger partial charge is 0.310 e. The number of nitrogens with one attached hydrogen (secondary N) is 1. The van der Waals surface area contributed by atoms with E-state index >= 15 is 0 Å². The average Bonchev–Trinajstić information content (AvgIpc) is 2.81. The maximum Gasteiger partial charge on any atom is 0.0322 e. The van der Waals surface area contributed by atoms with Gasteiger partial charge in [0.05, 0.1) is 0 Å². The van der Waals surface area contributed by atoms with E-state index in [4.69, 9.17) is 0 Å². The summed E-state index contributed by atoms with van der Waals surface area (Å²) in [4.78, 5) is 2.44. The Hall–Kier alpha value is -0.860. The highest BCUT2D eigenvalue weighted by Gasteiger charge is 2.21. The molecule has 1 saturated heterocycles. The van der Waals surface area contributed by atoms with Crippen LogP contribution in [-0.2, 0) is 0 Å². The molecule has 1 fully saturated rings. The average molecular weight is 260 g/mol. The van der Waals surface area contributed by atoms with E-state index in [1.807, 2.05) is 0 Å². The number of hydrogen-bond acceptors (Lipinski definition) is 2. The van der Waals surface area contributed by atoms with E-state index in [1.54, 1.807) is 0 Å². The second-order valence-electron chi connectivity index (χ2n) is 6.42. The maximum absolute atomic E-state index is 3.80. The van der Waals surface area contributed by atoms with Crippen LogP contribution in [0.5, 0.6) is 0 Å². The molecule has 0 saturated carbocycles. The maximum atomic E-state index is 3.80. The van der Waals surface area contributed by atoms with E-state index in [-0.39, 0.29) is 0 Å². The molecule has 2 unspecified atom stereocenters. The fourth-order valence-corrected chi connectivity index (χ4v) is 3.00. The van der Waals surface area contributed by atoms with Crippen LogP contribution < -0.4 is 5.32 Å². The van der Waals surface area contributed by atoms with E-state index in [9.17, 15) is 0 Å². The first-order valence-electron chi connectivity index (χ1n) is 7.62. The molecule has 106 valence electrons. The topological polar surface area (TPSA) is 15.3 Å². The zero-order valence-electron chi connectivity index (χ0n) is 12.6. The summed E-state index contributed by atoms with van der Waals surface area (Å²) in [5.74, 6) is 1.55. The van der Waals surface area contributed by atoms with Crippen molar-refractivity contribution in [3.63, 3.8) is 0 Å². The molecule has 2 nitrogen and oxygen atoms in total. The molecule has 19 heavy (non-hydrogen) atoms. The highest BCUT2D eigenvalue weighted by molar-refractivity contribution is 5.18. The molecule has 1 aliphatic rings. The Morgan fingerprint density at radius 2 is 2.00 bits per heavy atom. The Morgan fingerprint density at radius 3 is 2.58 bits per heavy atom. The van der Waals surface area contributed by atoms with Gasteiger partial charge in [-0.3, -0.25) is 0 Å². The third kappa shape index (κ3) is 4.63. The van der Waals surface area contributed by atoms with Crippen LogP contribution in [0.25, 0.3) is 0 Å². The monoisotopic (exact) mass is 260 g/mol. The van der Waals surface area contributed by atoms with Crippen molar-refractivity contribution in [3.05, 3.63) is 35.9 Å². The van der Waals surface area contributed by atoms with Gasteiger partial charge in [-0.05, 0) is 50.4 Å². The van der Waals surface area contributed by atoms with Gasteiger partial charge in [0.15, 0.2) is 0 Å². The van der Waals surface area contributed by atoms with Crippen molar-refractivity contribution in [2.75, 3.05) is 26.7 Å². The minimum atomic E-state index is 0.507. The van der Waals surface area contributed by atoms with Gasteiger partial charge in [0.25, 0.3) is 0 Å². The normalized spacial score (nSPS) is 22.0. The minimum absolute atomic E-state index is 0.507. The molecule has 2 atom stereocenters. The van der Waals surface area contributed by atoms with Crippen LogP contribution >= 0.6 is 0 Å². The second kappa shape index (κ2) is 7.06. The molecule has 0 bridgehead atoms. The van der Waals surface area contributed by atoms with Crippen LogP contribution in [0, 0.1) is 11.8 Å². The highest BCUT2D eigenvalue weighted by Crippen LogP contribution is 2.22. The fourth-order valence-electron chi connectivity index (χ4n) is 3.00.